The van der Waals surface area contributed by atoms with E-state index in [0.29, 0.717) is 12.1 Å². The molecule has 64 valence electrons. The van der Waals surface area contributed by atoms with E-state index in [9.17, 15) is 18.7 Å². The van der Waals surface area contributed by atoms with Crippen LogP contribution in [0.3, 0.4) is 0 Å². The second-order valence-electron chi connectivity index (χ2n) is 2.04. The Bertz CT molecular complexity index is 320. The van der Waals surface area contributed by atoms with Crippen molar-refractivity contribution in [2.24, 2.45) is 0 Å². The van der Waals surface area contributed by atoms with Gasteiger partial charge in [0.1, 0.15) is 16.7 Å². The molecule has 0 heterocycles. The van der Waals surface area contributed by atoms with Crippen LogP contribution in [-0.4, -0.2) is 5.97 Å². The topological polar surface area (TPSA) is 40.1 Å². The summed E-state index contributed by atoms with van der Waals surface area (Å²) < 4.78 is 25.1. The SMILES string of the molecule is O=C([O-])c1cc(F)c(Cl)c(F)c1.[Na+]. The number of carboxylic acids is 1. The summed E-state index contributed by atoms with van der Waals surface area (Å²) in [5.74, 6) is -3.88. The summed E-state index contributed by atoms with van der Waals surface area (Å²) in [6.45, 7) is 0. The normalized spacial score (nSPS) is 9.15. The molecule has 0 spiro atoms. The van der Waals surface area contributed by atoms with Crippen molar-refractivity contribution >= 4 is 17.6 Å². The molecule has 0 aliphatic carbocycles. The molecule has 0 fully saturated rings. The fraction of sp³-hybridized carbons (Fsp3) is 0. The van der Waals surface area contributed by atoms with E-state index in [1.807, 2.05) is 0 Å². The molecular weight excluding hydrogens is 213 g/mol. The van der Waals surface area contributed by atoms with E-state index in [-0.39, 0.29) is 29.6 Å². The molecule has 0 atom stereocenters. The van der Waals surface area contributed by atoms with Crippen molar-refractivity contribution in [1.29, 1.82) is 0 Å². The number of hydrogen-bond donors (Lipinski definition) is 0. The third kappa shape index (κ3) is 2.91. The summed E-state index contributed by atoms with van der Waals surface area (Å²) in [5, 5.41) is 9.41. The molecule has 1 aromatic rings. The van der Waals surface area contributed by atoms with Crippen molar-refractivity contribution in [3.63, 3.8) is 0 Å². The van der Waals surface area contributed by atoms with Gasteiger partial charge in [-0.25, -0.2) is 8.78 Å². The number of rotatable bonds is 1. The Labute approximate surface area is 99.8 Å². The molecule has 1 rings (SSSR count). The molecule has 0 amide bonds. The van der Waals surface area contributed by atoms with E-state index < -0.39 is 28.2 Å². The van der Waals surface area contributed by atoms with Crippen LogP contribution in [0, 0.1) is 11.6 Å². The Hall–Kier alpha value is -0.160. The van der Waals surface area contributed by atoms with Gasteiger partial charge in [-0.3, -0.25) is 0 Å². The van der Waals surface area contributed by atoms with E-state index in [2.05, 4.69) is 0 Å². The van der Waals surface area contributed by atoms with Gasteiger partial charge in [0.2, 0.25) is 0 Å². The first kappa shape index (κ1) is 12.8. The van der Waals surface area contributed by atoms with Crippen molar-refractivity contribution < 1.29 is 48.2 Å². The predicted octanol–water partition coefficient (Wildman–Crippen LogP) is -2.01. The molecule has 0 saturated heterocycles. The average molecular weight is 215 g/mol. The van der Waals surface area contributed by atoms with Gasteiger partial charge in [-0.1, -0.05) is 11.6 Å². The van der Waals surface area contributed by atoms with E-state index in [1.165, 1.54) is 0 Å². The molecule has 0 aromatic heterocycles. The van der Waals surface area contributed by atoms with Crippen LogP contribution in [0.4, 0.5) is 8.78 Å². The minimum absolute atomic E-state index is 0. The van der Waals surface area contributed by atoms with Crippen LogP contribution in [0.25, 0.3) is 0 Å². The number of halogens is 3. The summed E-state index contributed by atoms with van der Waals surface area (Å²) in [4.78, 5) is 10.1. The predicted molar refractivity (Wildman–Crippen MR) is 35.7 cm³/mol. The van der Waals surface area contributed by atoms with Gasteiger partial charge in [0.15, 0.2) is 0 Å². The molecule has 2 nitrogen and oxygen atoms in total. The minimum atomic E-state index is -1.65. The zero-order chi connectivity index (χ0) is 9.30. The van der Waals surface area contributed by atoms with Crippen LogP contribution < -0.4 is 34.7 Å². The Balaban J connectivity index is 0.00000144. The summed E-state index contributed by atoms with van der Waals surface area (Å²) in [6, 6.07) is 1.20. The second kappa shape index (κ2) is 4.91. The van der Waals surface area contributed by atoms with E-state index >= 15 is 0 Å². The van der Waals surface area contributed by atoms with Crippen molar-refractivity contribution in [3.8, 4) is 0 Å². The smallest absolute Gasteiger partial charge is 0.545 e. The molecule has 0 N–H and O–H groups in total. The fourth-order valence-electron chi connectivity index (χ4n) is 0.673. The molecule has 13 heavy (non-hydrogen) atoms. The van der Waals surface area contributed by atoms with E-state index in [0.717, 1.165) is 0 Å². The third-order valence-corrected chi connectivity index (χ3v) is 1.58. The molecule has 0 aliphatic rings. The van der Waals surface area contributed by atoms with Gasteiger partial charge in [-0.05, 0) is 12.1 Å². The van der Waals surface area contributed by atoms with Crippen LogP contribution in [0.2, 0.25) is 5.02 Å². The number of aromatic carboxylic acids is 1. The van der Waals surface area contributed by atoms with Gasteiger partial charge in [-0.2, -0.15) is 0 Å². The Morgan fingerprint density at radius 1 is 1.31 bits per heavy atom. The van der Waals surface area contributed by atoms with Crippen molar-refractivity contribution in [2.75, 3.05) is 0 Å². The number of carbonyl (C=O) groups excluding carboxylic acids is 1. The quantitative estimate of drug-likeness (QED) is 0.400. The maximum absolute atomic E-state index is 12.5. The molecule has 0 aliphatic heterocycles. The number of benzene rings is 1. The first-order valence-corrected chi connectivity index (χ1v) is 3.26. The van der Waals surface area contributed by atoms with Crippen molar-refractivity contribution in [3.05, 3.63) is 34.4 Å². The van der Waals surface area contributed by atoms with Crippen molar-refractivity contribution in [1.82, 2.24) is 0 Å². The number of carboxylic acid groups (broad SMARTS) is 1. The standard InChI is InChI=1S/C7H3ClF2O2.Na/c8-6-4(9)1-3(7(11)12)2-5(6)10;/h1-2H,(H,11,12);/q;+1/p-1. The van der Waals surface area contributed by atoms with Crippen molar-refractivity contribution in [2.45, 2.75) is 0 Å². The number of hydrogen-bond acceptors (Lipinski definition) is 2. The minimum Gasteiger partial charge on any atom is -0.545 e. The first-order chi connectivity index (χ1) is 5.52. The van der Waals surface area contributed by atoms with Gasteiger partial charge < -0.3 is 9.90 Å². The molecule has 0 radical (unpaired) electrons. The summed E-state index contributed by atoms with van der Waals surface area (Å²) in [7, 11) is 0. The monoisotopic (exact) mass is 214 g/mol. The van der Waals surface area contributed by atoms with Crippen LogP contribution in [0.1, 0.15) is 10.4 Å². The third-order valence-electron chi connectivity index (χ3n) is 1.22. The van der Waals surface area contributed by atoms with E-state index in [1.54, 1.807) is 0 Å². The van der Waals surface area contributed by atoms with E-state index in [4.69, 9.17) is 11.6 Å². The van der Waals surface area contributed by atoms with Gasteiger partial charge in [-0.15, -0.1) is 0 Å². The molecule has 0 saturated carbocycles. The Kier molecular flexibility index (Phi) is 4.85. The molecule has 6 heteroatoms. The van der Waals surface area contributed by atoms with Crippen LogP contribution in [0.15, 0.2) is 12.1 Å². The maximum Gasteiger partial charge on any atom is 1.00 e. The van der Waals surface area contributed by atoms with Crippen LogP contribution >= 0.6 is 11.6 Å². The molecular formula is C7H2ClF2NaO2. The molecule has 1 aromatic carbocycles. The zero-order valence-electron chi connectivity index (χ0n) is 6.61. The first-order valence-electron chi connectivity index (χ1n) is 2.88. The second-order valence-corrected chi connectivity index (χ2v) is 2.42. The van der Waals surface area contributed by atoms with Gasteiger partial charge in [0.25, 0.3) is 0 Å². The van der Waals surface area contributed by atoms with Gasteiger partial charge in [0.05, 0.1) is 5.97 Å². The summed E-state index contributed by atoms with van der Waals surface area (Å²) >= 11 is 5.09. The van der Waals surface area contributed by atoms with Gasteiger partial charge >= 0.3 is 29.6 Å². The average Bonchev–Trinajstić information content (AvgIpc) is 1.99. The largest absolute Gasteiger partial charge is 1.00 e. The Morgan fingerprint density at radius 3 is 2.00 bits per heavy atom. The van der Waals surface area contributed by atoms with Crippen LogP contribution in [-0.2, 0) is 0 Å². The summed E-state index contributed by atoms with van der Waals surface area (Å²) in [6.07, 6.45) is 0. The Morgan fingerprint density at radius 2 is 1.69 bits per heavy atom. The summed E-state index contributed by atoms with van der Waals surface area (Å²) in [5.41, 5.74) is -0.575. The molecule has 0 unspecified atom stereocenters. The van der Waals surface area contributed by atoms with Gasteiger partial charge in [0, 0.05) is 5.56 Å². The maximum atomic E-state index is 12.5. The fourth-order valence-corrected chi connectivity index (χ4v) is 0.782. The zero-order valence-corrected chi connectivity index (χ0v) is 9.36. The van der Waals surface area contributed by atoms with Crippen LogP contribution in [0.5, 0.6) is 0 Å². The number of carbonyl (C=O) groups is 1. The molecule has 0 bridgehead atoms.